The van der Waals surface area contributed by atoms with Crippen LogP contribution in [0.4, 0.5) is 0 Å². The van der Waals surface area contributed by atoms with Gasteiger partial charge in [-0.25, -0.2) is 4.98 Å². The van der Waals surface area contributed by atoms with E-state index in [2.05, 4.69) is 94.9 Å². The lowest BCUT2D eigenvalue weighted by Crippen LogP contribution is -2.26. The number of carbonyl (C=O) groups excluding carboxylic acids is 1. The molecule has 0 aliphatic carbocycles. The third-order valence-electron chi connectivity index (χ3n) is 6.66. The van der Waals surface area contributed by atoms with Crippen LogP contribution in [0.15, 0.2) is 90.3 Å². The van der Waals surface area contributed by atoms with Gasteiger partial charge in [0.25, 0.3) is 5.91 Å². The van der Waals surface area contributed by atoms with E-state index in [1.165, 1.54) is 16.7 Å². The van der Waals surface area contributed by atoms with Crippen molar-refractivity contribution in [3.8, 4) is 5.75 Å². The Morgan fingerprint density at radius 3 is 2.21 bits per heavy atom. The summed E-state index contributed by atoms with van der Waals surface area (Å²) in [5, 5.41) is 5.80. The van der Waals surface area contributed by atoms with E-state index in [0.717, 1.165) is 43.1 Å². The normalized spacial score (nSPS) is 11.2. The zero-order valence-corrected chi connectivity index (χ0v) is 23.1. The van der Waals surface area contributed by atoms with Crippen LogP contribution in [0.3, 0.4) is 0 Å². The number of nitrogens with zero attached hydrogens (tertiary/aromatic N) is 2. The monoisotopic (exact) mass is 527 g/mol. The van der Waals surface area contributed by atoms with Crippen molar-refractivity contribution in [2.75, 3.05) is 20.2 Å². The fourth-order valence-electron chi connectivity index (χ4n) is 4.56. The Hall–Kier alpha value is -3.48. The van der Waals surface area contributed by atoms with E-state index in [4.69, 9.17) is 4.74 Å². The van der Waals surface area contributed by atoms with Crippen LogP contribution in [0.2, 0.25) is 0 Å². The lowest BCUT2D eigenvalue weighted by Gasteiger charge is -2.25. The number of rotatable bonds is 14. The minimum Gasteiger partial charge on any atom is -0.497 e. The topological polar surface area (TPSA) is 54.5 Å². The van der Waals surface area contributed by atoms with Crippen LogP contribution in [-0.4, -0.2) is 36.0 Å². The Balaban J connectivity index is 1.51. The van der Waals surface area contributed by atoms with Crippen molar-refractivity contribution in [1.82, 2.24) is 15.2 Å². The van der Waals surface area contributed by atoms with Gasteiger partial charge < -0.3 is 10.1 Å². The number of thiazole rings is 1. The van der Waals surface area contributed by atoms with Crippen molar-refractivity contribution in [2.24, 2.45) is 0 Å². The molecule has 0 aliphatic heterocycles. The van der Waals surface area contributed by atoms with Crippen molar-refractivity contribution in [2.45, 2.75) is 45.2 Å². The average molecular weight is 528 g/mol. The molecule has 1 amide bonds. The van der Waals surface area contributed by atoms with Gasteiger partial charge in [-0.3, -0.25) is 9.69 Å². The first-order chi connectivity index (χ1) is 18.7. The maximum absolute atomic E-state index is 12.5. The number of amides is 1. The molecule has 0 unspecified atom stereocenters. The molecule has 0 spiro atoms. The molecule has 0 saturated heterocycles. The molecule has 0 aliphatic rings. The van der Waals surface area contributed by atoms with E-state index < -0.39 is 0 Å². The predicted molar refractivity (Wildman–Crippen MR) is 156 cm³/mol. The second kappa shape index (κ2) is 14.5. The molecule has 198 valence electrons. The number of carbonyl (C=O) groups is 1. The fourth-order valence-corrected chi connectivity index (χ4v) is 5.38. The van der Waals surface area contributed by atoms with Gasteiger partial charge in [0.15, 0.2) is 0 Å². The quantitative estimate of drug-likeness (QED) is 0.181. The van der Waals surface area contributed by atoms with Crippen LogP contribution in [0.5, 0.6) is 5.75 Å². The molecule has 0 radical (unpaired) electrons. The summed E-state index contributed by atoms with van der Waals surface area (Å²) in [6.45, 7) is 5.17. The predicted octanol–water partition coefficient (Wildman–Crippen LogP) is 6.91. The molecule has 0 saturated carbocycles. The van der Waals surface area contributed by atoms with Crippen LogP contribution >= 0.6 is 11.3 Å². The van der Waals surface area contributed by atoms with Crippen LogP contribution in [0, 0.1) is 0 Å². The van der Waals surface area contributed by atoms with E-state index >= 15 is 0 Å². The number of ether oxygens (including phenoxy) is 1. The number of hydrogen-bond donors (Lipinski definition) is 1. The maximum Gasteiger partial charge on any atom is 0.270 e. The minimum atomic E-state index is -0.0872. The SMILES string of the molecule is CCCCNC(=O)c1csc(CN(CCC(c2ccccc2)c2ccccc2)Cc2ccc(OC)cc2)n1. The largest absolute Gasteiger partial charge is 0.497 e. The lowest BCUT2D eigenvalue weighted by atomic mass is 9.88. The molecule has 5 nitrogen and oxygen atoms in total. The standard InChI is InChI=1S/C32H37N3O2S/c1-3-4-20-33-32(36)30-24-38-31(34-30)23-35(22-25-15-17-28(37-2)18-16-25)21-19-29(26-11-7-5-8-12-26)27-13-9-6-10-14-27/h5-18,24,29H,3-4,19-23H2,1-2H3,(H,33,36). The summed E-state index contributed by atoms with van der Waals surface area (Å²) < 4.78 is 5.35. The van der Waals surface area contributed by atoms with E-state index in [1.54, 1.807) is 18.4 Å². The zero-order valence-electron chi connectivity index (χ0n) is 22.3. The number of methoxy groups -OCH3 is 1. The summed E-state index contributed by atoms with van der Waals surface area (Å²) >= 11 is 1.56. The van der Waals surface area contributed by atoms with E-state index in [-0.39, 0.29) is 5.91 Å². The molecular formula is C32H37N3O2S. The molecule has 4 aromatic rings. The molecular weight excluding hydrogens is 490 g/mol. The molecule has 0 atom stereocenters. The summed E-state index contributed by atoms with van der Waals surface area (Å²) in [4.78, 5) is 19.6. The molecule has 6 heteroatoms. The summed E-state index contributed by atoms with van der Waals surface area (Å²) in [5.74, 6) is 1.06. The van der Waals surface area contributed by atoms with Gasteiger partial charge in [-0.2, -0.15) is 0 Å². The third-order valence-corrected chi connectivity index (χ3v) is 7.50. The van der Waals surface area contributed by atoms with E-state index in [9.17, 15) is 4.79 Å². The van der Waals surface area contributed by atoms with Crippen LogP contribution in [0.25, 0.3) is 0 Å². The van der Waals surface area contributed by atoms with Gasteiger partial charge in [-0.05, 0) is 48.2 Å². The van der Waals surface area contributed by atoms with E-state index in [0.29, 0.717) is 24.7 Å². The first kappa shape index (κ1) is 27.6. The highest BCUT2D eigenvalue weighted by Gasteiger charge is 2.18. The first-order valence-corrected chi connectivity index (χ1v) is 14.2. The molecule has 1 N–H and O–H groups in total. The summed E-state index contributed by atoms with van der Waals surface area (Å²) in [7, 11) is 1.69. The molecule has 0 fully saturated rings. The van der Waals surface area contributed by atoms with E-state index in [1.807, 2.05) is 17.5 Å². The molecule has 1 heterocycles. The Morgan fingerprint density at radius 1 is 0.947 bits per heavy atom. The summed E-state index contributed by atoms with van der Waals surface area (Å²) in [5.41, 5.74) is 4.37. The number of benzene rings is 3. The first-order valence-electron chi connectivity index (χ1n) is 13.3. The molecule has 4 rings (SSSR count). The van der Waals surface area contributed by atoms with Crippen LogP contribution < -0.4 is 10.1 Å². The molecule has 3 aromatic carbocycles. The Bertz CT molecular complexity index is 1200. The second-order valence-electron chi connectivity index (χ2n) is 9.46. The Morgan fingerprint density at radius 2 is 1.61 bits per heavy atom. The lowest BCUT2D eigenvalue weighted by molar-refractivity contribution is 0.0948. The fraction of sp³-hybridized carbons (Fsp3) is 0.312. The van der Waals surface area contributed by atoms with Gasteiger partial charge in [-0.1, -0.05) is 86.1 Å². The highest BCUT2D eigenvalue weighted by Crippen LogP contribution is 2.29. The van der Waals surface area contributed by atoms with Crippen molar-refractivity contribution < 1.29 is 9.53 Å². The Kier molecular flexibility index (Phi) is 10.5. The highest BCUT2D eigenvalue weighted by atomic mass is 32.1. The van der Waals surface area contributed by atoms with Crippen LogP contribution in [-0.2, 0) is 13.1 Å². The highest BCUT2D eigenvalue weighted by molar-refractivity contribution is 7.09. The number of aromatic nitrogens is 1. The van der Waals surface area contributed by atoms with Crippen LogP contribution in [0.1, 0.15) is 64.3 Å². The van der Waals surface area contributed by atoms with Crippen molar-refractivity contribution in [3.05, 3.63) is 118 Å². The van der Waals surface area contributed by atoms with Gasteiger partial charge in [-0.15, -0.1) is 11.3 Å². The van der Waals surface area contributed by atoms with Gasteiger partial charge in [0, 0.05) is 24.4 Å². The maximum atomic E-state index is 12.5. The van der Waals surface area contributed by atoms with Crippen molar-refractivity contribution in [3.63, 3.8) is 0 Å². The third kappa shape index (κ3) is 8.01. The van der Waals surface area contributed by atoms with Gasteiger partial charge >= 0.3 is 0 Å². The summed E-state index contributed by atoms with van der Waals surface area (Å²) in [6, 6.07) is 29.7. The molecule has 1 aromatic heterocycles. The average Bonchev–Trinajstić information content (AvgIpc) is 3.43. The van der Waals surface area contributed by atoms with Gasteiger partial charge in [0.2, 0.25) is 0 Å². The second-order valence-corrected chi connectivity index (χ2v) is 10.4. The number of nitrogens with one attached hydrogen (secondary N) is 1. The smallest absolute Gasteiger partial charge is 0.270 e. The zero-order chi connectivity index (χ0) is 26.6. The molecule has 0 bridgehead atoms. The summed E-state index contributed by atoms with van der Waals surface area (Å²) in [6.07, 6.45) is 3.00. The van der Waals surface area contributed by atoms with Gasteiger partial charge in [0.1, 0.15) is 16.5 Å². The minimum absolute atomic E-state index is 0.0872. The molecule has 38 heavy (non-hydrogen) atoms. The number of hydrogen-bond acceptors (Lipinski definition) is 5. The van der Waals surface area contributed by atoms with Gasteiger partial charge in [0.05, 0.1) is 13.7 Å². The Labute approximate surface area is 230 Å². The number of unbranched alkanes of at least 4 members (excludes halogenated alkanes) is 1. The van der Waals surface area contributed by atoms with Crippen molar-refractivity contribution >= 4 is 17.2 Å². The van der Waals surface area contributed by atoms with Crippen molar-refractivity contribution in [1.29, 1.82) is 0 Å².